The first kappa shape index (κ1) is 14.5. The standard InChI is InChI=1S/C15H21BrN2O/c1-11-6-13(8-14(16)7-11)15(19)18(3)10-12-4-5-17(2)9-12/h6-8,12H,4-5,9-10H2,1-3H3. The minimum absolute atomic E-state index is 0.110. The predicted octanol–water partition coefficient (Wildman–Crippen LogP) is 2.78. The van der Waals surface area contributed by atoms with Crippen molar-refractivity contribution in [1.82, 2.24) is 9.80 Å². The number of halogens is 1. The van der Waals surface area contributed by atoms with Gasteiger partial charge in [-0.05, 0) is 56.6 Å². The van der Waals surface area contributed by atoms with E-state index < -0.39 is 0 Å². The molecule has 0 aromatic heterocycles. The molecule has 1 amide bonds. The average Bonchev–Trinajstić information content (AvgIpc) is 2.72. The number of amides is 1. The summed E-state index contributed by atoms with van der Waals surface area (Å²) in [6, 6.07) is 5.86. The SMILES string of the molecule is Cc1cc(Br)cc(C(=O)N(C)CC2CCN(C)C2)c1. The van der Waals surface area contributed by atoms with Gasteiger partial charge in [-0.2, -0.15) is 0 Å². The molecule has 0 radical (unpaired) electrons. The molecule has 0 spiro atoms. The molecule has 1 aromatic carbocycles. The number of carbonyl (C=O) groups excluding carboxylic acids is 1. The van der Waals surface area contributed by atoms with Gasteiger partial charge in [0.15, 0.2) is 0 Å². The molecular weight excluding hydrogens is 304 g/mol. The maximum Gasteiger partial charge on any atom is 0.253 e. The van der Waals surface area contributed by atoms with Crippen LogP contribution in [0, 0.1) is 12.8 Å². The topological polar surface area (TPSA) is 23.6 Å². The van der Waals surface area contributed by atoms with Crippen molar-refractivity contribution in [2.75, 3.05) is 33.7 Å². The minimum Gasteiger partial charge on any atom is -0.341 e. The van der Waals surface area contributed by atoms with E-state index in [0.29, 0.717) is 5.92 Å². The Morgan fingerprint density at radius 1 is 1.47 bits per heavy atom. The summed E-state index contributed by atoms with van der Waals surface area (Å²) in [6.07, 6.45) is 1.19. The lowest BCUT2D eigenvalue weighted by Gasteiger charge is -2.21. The molecule has 1 atom stereocenters. The molecule has 3 nitrogen and oxygen atoms in total. The summed E-state index contributed by atoms with van der Waals surface area (Å²) in [5.41, 5.74) is 1.87. The molecule has 0 aliphatic carbocycles. The van der Waals surface area contributed by atoms with Gasteiger partial charge in [0, 0.05) is 30.2 Å². The van der Waals surface area contributed by atoms with Crippen LogP contribution < -0.4 is 0 Å². The first-order valence-corrected chi connectivity index (χ1v) is 7.46. The first-order chi connectivity index (χ1) is 8.95. The van der Waals surface area contributed by atoms with Crippen molar-refractivity contribution >= 4 is 21.8 Å². The highest BCUT2D eigenvalue weighted by Crippen LogP contribution is 2.19. The van der Waals surface area contributed by atoms with Crippen molar-refractivity contribution in [3.8, 4) is 0 Å². The van der Waals surface area contributed by atoms with Crippen LogP contribution in [0.2, 0.25) is 0 Å². The first-order valence-electron chi connectivity index (χ1n) is 6.67. The van der Waals surface area contributed by atoms with Gasteiger partial charge in [-0.3, -0.25) is 4.79 Å². The van der Waals surface area contributed by atoms with Gasteiger partial charge in [0.2, 0.25) is 0 Å². The van der Waals surface area contributed by atoms with Gasteiger partial charge in [-0.15, -0.1) is 0 Å². The Morgan fingerprint density at radius 2 is 2.21 bits per heavy atom. The van der Waals surface area contributed by atoms with E-state index in [1.165, 1.54) is 6.42 Å². The van der Waals surface area contributed by atoms with Crippen LogP contribution in [0.25, 0.3) is 0 Å². The van der Waals surface area contributed by atoms with Crippen LogP contribution in [0.4, 0.5) is 0 Å². The zero-order chi connectivity index (χ0) is 14.0. The molecule has 0 N–H and O–H groups in total. The molecule has 4 heteroatoms. The summed E-state index contributed by atoms with van der Waals surface area (Å²) in [7, 11) is 4.04. The second-order valence-electron chi connectivity index (χ2n) is 5.62. The number of likely N-dealkylation sites (tertiary alicyclic amines) is 1. The number of rotatable bonds is 3. The molecule has 1 aliphatic heterocycles. The third-order valence-corrected chi connectivity index (χ3v) is 4.11. The smallest absolute Gasteiger partial charge is 0.253 e. The third-order valence-electron chi connectivity index (χ3n) is 3.66. The summed E-state index contributed by atoms with van der Waals surface area (Å²) >= 11 is 3.45. The maximum atomic E-state index is 12.4. The maximum absolute atomic E-state index is 12.4. The van der Waals surface area contributed by atoms with E-state index in [9.17, 15) is 4.79 Å². The number of carbonyl (C=O) groups is 1. The molecular formula is C15H21BrN2O. The fraction of sp³-hybridized carbons (Fsp3) is 0.533. The molecule has 1 saturated heterocycles. The van der Waals surface area contributed by atoms with E-state index in [1.807, 2.05) is 37.1 Å². The van der Waals surface area contributed by atoms with Crippen molar-refractivity contribution in [3.05, 3.63) is 33.8 Å². The van der Waals surface area contributed by atoms with Crippen LogP contribution in [0.1, 0.15) is 22.3 Å². The van der Waals surface area contributed by atoms with Gasteiger partial charge >= 0.3 is 0 Å². The number of hydrogen-bond acceptors (Lipinski definition) is 2. The van der Waals surface area contributed by atoms with Gasteiger partial charge in [-0.25, -0.2) is 0 Å². The van der Waals surface area contributed by atoms with Crippen molar-refractivity contribution in [2.45, 2.75) is 13.3 Å². The van der Waals surface area contributed by atoms with Crippen LogP contribution in [-0.4, -0.2) is 49.4 Å². The zero-order valence-electron chi connectivity index (χ0n) is 11.8. The van der Waals surface area contributed by atoms with E-state index in [-0.39, 0.29) is 5.91 Å². The quantitative estimate of drug-likeness (QED) is 0.853. The summed E-state index contributed by atoms with van der Waals surface area (Å²) in [6.45, 7) is 5.08. The summed E-state index contributed by atoms with van der Waals surface area (Å²) < 4.78 is 0.963. The largest absolute Gasteiger partial charge is 0.341 e. The van der Waals surface area contributed by atoms with Crippen LogP contribution >= 0.6 is 15.9 Å². The second-order valence-corrected chi connectivity index (χ2v) is 6.54. The third kappa shape index (κ3) is 3.80. The molecule has 1 aliphatic rings. The Kier molecular flexibility index (Phi) is 4.63. The molecule has 104 valence electrons. The van der Waals surface area contributed by atoms with E-state index in [1.54, 1.807) is 0 Å². The van der Waals surface area contributed by atoms with E-state index in [4.69, 9.17) is 0 Å². The van der Waals surface area contributed by atoms with E-state index in [2.05, 4.69) is 27.9 Å². The molecule has 1 fully saturated rings. The highest BCUT2D eigenvalue weighted by atomic mass is 79.9. The summed E-state index contributed by atoms with van der Waals surface area (Å²) in [5.74, 6) is 0.714. The Bertz CT molecular complexity index is 455. The summed E-state index contributed by atoms with van der Waals surface area (Å²) in [5, 5.41) is 0. The second kappa shape index (κ2) is 6.06. The molecule has 2 rings (SSSR count). The molecule has 1 heterocycles. The summed E-state index contributed by atoms with van der Waals surface area (Å²) in [4.78, 5) is 16.6. The Balaban J connectivity index is 2.02. The lowest BCUT2D eigenvalue weighted by atomic mass is 10.1. The Hall–Kier alpha value is -0.870. The predicted molar refractivity (Wildman–Crippen MR) is 81.4 cm³/mol. The normalized spacial score (nSPS) is 19.7. The fourth-order valence-electron chi connectivity index (χ4n) is 2.73. The van der Waals surface area contributed by atoms with Crippen molar-refractivity contribution in [3.63, 3.8) is 0 Å². The number of aryl methyl sites for hydroxylation is 1. The zero-order valence-corrected chi connectivity index (χ0v) is 13.4. The van der Waals surface area contributed by atoms with Gasteiger partial charge in [0.25, 0.3) is 5.91 Å². The van der Waals surface area contributed by atoms with Gasteiger partial charge < -0.3 is 9.80 Å². The van der Waals surface area contributed by atoms with Crippen LogP contribution in [0.5, 0.6) is 0 Å². The van der Waals surface area contributed by atoms with Crippen molar-refractivity contribution in [1.29, 1.82) is 0 Å². The van der Waals surface area contributed by atoms with Crippen LogP contribution in [0.3, 0.4) is 0 Å². The van der Waals surface area contributed by atoms with Crippen molar-refractivity contribution < 1.29 is 4.79 Å². The fourth-order valence-corrected chi connectivity index (χ4v) is 3.33. The van der Waals surface area contributed by atoms with E-state index >= 15 is 0 Å². The Labute approximate surface area is 123 Å². The molecule has 0 saturated carbocycles. The van der Waals surface area contributed by atoms with Crippen LogP contribution in [0.15, 0.2) is 22.7 Å². The van der Waals surface area contributed by atoms with Gasteiger partial charge in [-0.1, -0.05) is 15.9 Å². The Morgan fingerprint density at radius 3 is 2.79 bits per heavy atom. The lowest BCUT2D eigenvalue weighted by molar-refractivity contribution is 0.0774. The average molecular weight is 325 g/mol. The molecule has 19 heavy (non-hydrogen) atoms. The molecule has 1 aromatic rings. The van der Waals surface area contributed by atoms with Gasteiger partial charge in [0.05, 0.1) is 0 Å². The molecule has 1 unspecified atom stereocenters. The van der Waals surface area contributed by atoms with E-state index in [0.717, 1.165) is 35.2 Å². The highest BCUT2D eigenvalue weighted by molar-refractivity contribution is 9.10. The number of hydrogen-bond donors (Lipinski definition) is 0. The number of nitrogens with zero attached hydrogens (tertiary/aromatic N) is 2. The highest BCUT2D eigenvalue weighted by Gasteiger charge is 2.23. The van der Waals surface area contributed by atoms with Gasteiger partial charge in [0.1, 0.15) is 0 Å². The monoisotopic (exact) mass is 324 g/mol. The molecule has 0 bridgehead atoms. The number of benzene rings is 1. The minimum atomic E-state index is 0.110. The van der Waals surface area contributed by atoms with Crippen molar-refractivity contribution in [2.24, 2.45) is 5.92 Å². The van der Waals surface area contributed by atoms with Crippen LogP contribution in [-0.2, 0) is 0 Å². The lowest BCUT2D eigenvalue weighted by Crippen LogP contribution is -2.32.